The highest BCUT2D eigenvalue weighted by Crippen LogP contribution is 2.22. The highest BCUT2D eigenvalue weighted by molar-refractivity contribution is 6.28. The Bertz CT molecular complexity index is 918. The van der Waals surface area contributed by atoms with Crippen molar-refractivity contribution in [3.05, 3.63) is 74.0 Å². The minimum absolute atomic E-state index is 0.0465. The van der Waals surface area contributed by atoms with Gasteiger partial charge in [0.2, 0.25) is 17.2 Å². The minimum atomic E-state index is -0.504. The Hall–Kier alpha value is -3.86. The Morgan fingerprint density at radius 2 is 1.07 bits per heavy atom. The summed E-state index contributed by atoms with van der Waals surface area (Å²) < 4.78 is 0. The molecule has 3 aromatic rings. The van der Waals surface area contributed by atoms with E-state index in [1.165, 1.54) is 48.5 Å². The number of hydrogen-bond acceptors (Lipinski definition) is 9. The average molecular weight is 388 g/mol. The van der Waals surface area contributed by atoms with Crippen molar-refractivity contribution in [1.29, 1.82) is 0 Å². The van der Waals surface area contributed by atoms with Crippen molar-refractivity contribution in [3.8, 4) is 0 Å². The summed E-state index contributed by atoms with van der Waals surface area (Å²) >= 11 is 5.90. The molecule has 0 aliphatic heterocycles. The third-order valence-corrected chi connectivity index (χ3v) is 3.45. The molecule has 0 saturated carbocycles. The highest BCUT2D eigenvalue weighted by Gasteiger charge is 2.09. The number of nitrogens with one attached hydrogen (secondary N) is 2. The number of nitro groups is 2. The molecule has 0 bridgehead atoms. The number of benzene rings is 2. The van der Waals surface area contributed by atoms with Crippen LogP contribution in [0.4, 0.5) is 34.6 Å². The zero-order chi connectivity index (χ0) is 19.4. The van der Waals surface area contributed by atoms with Gasteiger partial charge < -0.3 is 10.6 Å². The van der Waals surface area contributed by atoms with E-state index in [-0.39, 0.29) is 28.6 Å². The lowest BCUT2D eigenvalue weighted by atomic mass is 10.3. The van der Waals surface area contributed by atoms with Crippen LogP contribution in [0.5, 0.6) is 0 Å². The molecule has 2 aromatic carbocycles. The van der Waals surface area contributed by atoms with Gasteiger partial charge in [0, 0.05) is 35.6 Å². The maximum Gasteiger partial charge on any atom is 0.269 e. The van der Waals surface area contributed by atoms with Gasteiger partial charge in [-0.15, -0.1) is 0 Å². The van der Waals surface area contributed by atoms with E-state index in [0.717, 1.165) is 0 Å². The topological polar surface area (TPSA) is 149 Å². The molecular formula is C15H10ClN7O4. The van der Waals surface area contributed by atoms with E-state index in [1.807, 2.05) is 0 Å². The molecule has 0 aliphatic rings. The second-order valence-corrected chi connectivity index (χ2v) is 5.45. The lowest BCUT2D eigenvalue weighted by Gasteiger charge is -2.08. The number of non-ortho nitro benzene ring substituents is 2. The zero-order valence-electron chi connectivity index (χ0n) is 13.4. The van der Waals surface area contributed by atoms with E-state index in [1.54, 1.807) is 0 Å². The fourth-order valence-corrected chi connectivity index (χ4v) is 2.21. The molecule has 0 atom stereocenters. The first-order chi connectivity index (χ1) is 12.9. The van der Waals surface area contributed by atoms with E-state index in [2.05, 4.69) is 25.6 Å². The van der Waals surface area contributed by atoms with Crippen LogP contribution in [0.3, 0.4) is 0 Å². The molecule has 0 radical (unpaired) electrons. The van der Waals surface area contributed by atoms with Crippen molar-refractivity contribution in [3.63, 3.8) is 0 Å². The summed E-state index contributed by atoms with van der Waals surface area (Å²) in [4.78, 5) is 32.4. The van der Waals surface area contributed by atoms with Gasteiger partial charge in [0.15, 0.2) is 0 Å². The summed E-state index contributed by atoms with van der Waals surface area (Å²) in [5.74, 6) is 0.238. The van der Waals surface area contributed by atoms with Crippen LogP contribution in [0.1, 0.15) is 0 Å². The van der Waals surface area contributed by atoms with Gasteiger partial charge in [-0.2, -0.15) is 15.0 Å². The summed E-state index contributed by atoms with van der Waals surface area (Å²) in [6.07, 6.45) is 0. The lowest BCUT2D eigenvalue weighted by Crippen LogP contribution is -2.04. The Kier molecular flexibility index (Phi) is 5.04. The molecule has 0 fully saturated rings. The van der Waals surface area contributed by atoms with Gasteiger partial charge >= 0.3 is 0 Å². The van der Waals surface area contributed by atoms with Crippen molar-refractivity contribution in [1.82, 2.24) is 15.0 Å². The van der Waals surface area contributed by atoms with Crippen molar-refractivity contribution in [2.75, 3.05) is 10.6 Å². The Labute approximate surface area is 156 Å². The van der Waals surface area contributed by atoms with E-state index in [9.17, 15) is 20.2 Å². The smallest absolute Gasteiger partial charge is 0.269 e. The van der Waals surface area contributed by atoms with Crippen LogP contribution in [-0.2, 0) is 0 Å². The fourth-order valence-electron chi connectivity index (χ4n) is 2.05. The third-order valence-electron chi connectivity index (χ3n) is 3.28. The molecule has 0 saturated heterocycles. The summed E-state index contributed by atoms with van der Waals surface area (Å²) in [5.41, 5.74) is 0.942. The maximum absolute atomic E-state index is 10.7. The van der Waals surface area contributed by atoms with Crippen LogP contribution >= 0.6 is 11.6 Å². The number of hydrogen-bond donors (Lipinski definition) is 2. The fraction of sp³-hybridized carbons (Fsp3) is 0. The Balaban J connectivity index is 1.77. The Morgan fingerprint density at radius 1 is 0.704 bits per heavy atom. The maximum atomic E-state index is 10.7. The first-order valence-corrected chi connectivity index (χ1v) is 7.73. The van der Waals surface area contributed by atoms with E-state index < -0.39 is 9.85 Å². The third kappa shape index (κ3) is 4.61. The van der Waals surface area contributed by atoms with Crippen LogP contribution in [0, 0.1) is 20.2 Å². The van der Waals surface area contributed by atoms with Crippen molar-refractivity contribution in [2.24, 2.45) is 0 Å². The predicted octanol–water partition coefficient (Wildman–Crippen LogP) is 3.83. The molecule has 1 heterocycles. The van der Waals surface area contributed by atoms with Gasteiger partial charge in [-0.3, -0.25) is 20.2 Å². The normalized spacial score (nSPS) is 10.3. The van der Waals surface area contributed by atoms with Crippen molar-refractivity contribution in [2.45, 2.75) is 0 Å². The van der Waals surface area contributed by atoms with Crippen LogP contribution in [0.2, 0.25) is 5.28 Å². The number of aromatic nitrogens is 3. The summed E-state index contributed by atoms with van der Waals surface area (Å²) in [6.45, 7) is 0. The number of rotatable bonds is 6. The second kappa shape index (κ2) is 7.58. The largest absolute Gasteiger partial charge is 0.324 e. The molecule has 3 rings (SSSR count). The van der Waals surface area contributed by atoms with E-state index >= 15 is 0 Å². The predicted molar refractivity (Wildman–Crippen MR) is 97.6 cm³/mol. The molecule has 11 nitrogen and oxygen atoms in total. The second-order valence-electron chi connectivity index (χ2n) is 5.11. The number of halogens is 1. The molecule has 2 N–H and O–H groups in total. The molecule has 12 heteroatoms. The van der Waals surface area contributed by atoms with Crippen molar-refractivity contribution >= 4 is 46.2 Å². The molecule has 136 valence electrons. The van der Waals surface area contributed by atoms with Crippen LogP contribution in [-0.4, -0.2) is 24.8 Å². The SMILES string of the molecule is O=[N+]([O-])c1ccc(Nc2nc(Cl)nc(Nc3ccc([N+](=O)[O-])cc3)n2)cc1. The van der Waals surface area contributed by atoms with Crippen LogP contribution in [0.25, 0.3) is 0 Å². The quantitative estimate of drug-likeness (QED) is 0.475. The number of nitro benzene ring substituents is 2. The highest BCUT2D eigenvalue weighted by atomic mass is 35.5. The van der Waals surface area contributed by atoms with Crippen LogP contribution < -0.4 is 10.6 Å². The number of anilines is 4. The zero-order valence-corrected chi connectivity index (χ0v) is 14.1. The average Bonchev–Trinajstić information content (AvgIpc) is 2.62. The summed E-state index contributed by atoms with van der Waals surface area (Å²) in [5, 5.41) is 27.0. The van der Waals surface area contributed by atoms with Crippen molar-refractivity contribution < 1.29 is 9.85 Å². The van der Waals surface area contributed by atoms with E-state index in [0.29, 0.717) is 11.4 Å². The van der Waals surface area contributed by atoms with Gasteiger partial charge in [-0.1, -0.05) is 0 Å². The minimum Gasteiger partial charge on any atom is -0.324 e. The standard InChI is InChI=1S/C15H10ClN7O4/c16-13-19-14(17-9-1-5-11(6-2-9)22(24)25)21-15(20-13)18-10-3-7-12(8-4-10)23(26)27/h1-8H,(H2,17,18,19,20,21). The van der Waals surface area contributed by atoms with Gasteiger partial charge in [-0.05, 0) is 35.9 Å². The number of nitrogens with zero attached hydrogens (tertiary/aromatic N) is 5. The summed E-state index contributed by atoms with van der Waals surface area (Å²) in [7, 11) is 0. The van der Waals surface area contributed by atoms with Gasteiger partial charge in [0.05, 0.1) is 9.85 Å². The van der Waals surface area contributed by atoms with E-state index in [4.69, 9.17) is 11.6 Å². The van der Waals surface area contributed by atoms with Gasteiger partial charge in [0.25, 0.3) is 11.4 Å². The molecular weight excluding hydrogens is 378 g/mol. The molecule has 27 heavy (non-hydrogen) atoms. The Morgan fingerprint density at radius 3 is 1.41 bits per heavy atom. The molecule has 0 spiro atoms. The first kappa shape index (κ1) is 17.9. The van der Waals surface area contributed by atoms with Crippen LogP contribution in [0.15, 0.2) is 48.5 Å². The van der Waals surface area contributed by atoms with Gasteiger partial charge in [0.1, 0.15) is 0 Å². The first-order valence-electron chi connectivity index (χ1n) is 7.35. The molecule has 0 aliphatic carbocycles. The molecule has 1 aromatic heterocycles. The summed E-state index contributed by atoms with van der Waals surface area (Å²) in [6, 6.07) is 11.3. The van der Waals surface area contributed by atoms with Gasteiger partial charge in [-0.25, -0.2) is 0 Å². The molecule has 0 unspecified atom stereocenters. The molecule has 0 amide bonds. The monoisotopic (exact) mass is 387 g/mol. The lowest BCUT2D eigenvalue weighted by molar-refractivity contribution is -0.385.